The van der Waals surface area contributed by atoms with Crippen LogP contribution < -0.4 is 0 Å². The molecule has 3 N–H and O–H groups in total. The van der Waals surface area contributed by atoms with Crippen LogP contribution in [0, 0.1) is 0 Å². The zero-order valence-electron chi connectivity index (χ0n) is 17.3. The van der Waals surface area contributed by atoms with Crippen molar-refractivity contribution in [2.45, 2.75) is 56.6 Å². The number of ether oxygens (including phenoxy) is 2. The Labute approximate surface area is 182 Å². The molecule has 1 amide bonds. The van der Waals surface area contributed by atoms with Gasteiger partial charge in [-0.2, -0.15) is 0 Å². The molecule has 0 radical (unpaired) electrons. The molecule has 31 heavy (non-hydrogen) atoms. The molecule has 1 aliphatic heterocycles. The molecule has 1 saturated heterocycles. The minimum Gasteiger partial charge on any atom is -0.445 e. The third kappa shape index (κ3) is 6.15. The second-order valence-corrected chi connectivity index (χ2v) is 7.61. The van der Waals surface area contributed by atoms with Gasteiger partial charge < -0.3 is 29.7 Å². The van der Waals surface area contributed by atoms with Gasteiger partial charge in [0.1, 0.15) is 18.8 Å². The zero-order valence-corrected chi connectivity index (χ0v) is 17.3. The molecular weight excluding hydrogens is 398 g/mol. The van der Waals surface area contributed by atoms with Crippen LogP contribution in [-0.2, 0) is 22.6 Å². The SMILES string of the molecule is C=CC[C@@H](C[C@H]1OC(O)[C@H](O)[C@@H]1O)N(Cc1ccccc1)C(=O)OCc1ccccc1. The van der Waals surface area contributed by atoms with E-state index in [9.17, 15) is 20.1 Å². The first-order valence-corrected chi connectivity index (χ1v) is 10.3. The summed E-state index contributed by atoms with van der Waals surface area (Å²) in [6.45, 7) is 4.21. The van der Waals surface area contributed by atoms with E-state index in [0.29, 0.717) is 13.0 Å². The standard InChI is InChI=1S/C24H29NO6/c1-2-9-19(14-20-21(26)22(27)23(28)31-20)25(15-17-10-5-3-6-11-17)24(29)30-16-18-12-7-4-8-13-18/h2-8,10-13,19-23,26-28H,1,9,14-16H2/t19-,20+,21+,22+,23?/m0/s1. The Morgan fingerprint density at radius 1 is 1.03 bits per heavy atom. The topological polar surface area (TPSA) is 99.5 Å². The molecule has 0 aliphatic carbocycles. The summed E-state index contributed by atoms with van der Waals surface area (Å²) in [5.74, 6) is 0. The van der Waals surface area contributed by atoms with E-state index in [4.69, 9.17) is 9.47 Å². The summed E-state index contributed by atoms with van der Waals surface area (Å²) in [5, 5.41) is 29.8. The number of rotatable bonds is 9. The Balaban J connectivity index is 1.77. The summed E-state index contributed by atoms with van der Waals surface area (Å²) in [6.07, 6.45) is -3.12. The molecule has 5 atom stereocenters. The van der Waals surface area contributed by atoms with Crippen LogP contribution in [0.2, 0.25) is 0 Å². The highest BCUT2D eigenvalue weighted by Crippen LogP contribution is 2.27. The fourth-order valence-corrected chi connectivity index (χ4v) is 3.66. The second kappa shape index (κ2) is 11.1. The van der Waals surface area contributed by atoms with Gasteiger partial charge in [-0.25, -0.2) is 4.79 Å². The van der Waals surface area contributed by atoms with E-state index in [0.717, 1.165) is 11.1 Å². The summed E-state index contributed by atoms with van der Waals surface area (Å²) in [5.41, 5.74) is 1.79. The first-order chi connectivity index (χ1) is 15.0. The zero-order chi connectivity index (χ0) is 22.2. The van der Waals surface area contributed by atoms with Crippen molar-refractivity contribution in [2.24, 2.45) is 0 Å². The van der Waals surface area contributed by atoms with Crippen LogP contribution in [-0.4, -0.2) is 57.0 Å². The van der Waals surface area contributed by atoms with E-state index < -0.39 is 36.7 Å². The monoisotopic (exact) mass is 427 g/mol. The van der Waals surface area contributed by atoms with Crippen molar-refractivity contribution in [3.05, 3.63) is 84.4 Å². The Morgan fingerprint density at radius 2 is 1.65 bits per heavy atom. The molecule has 7 heteroatoms. The van der Waals surface area contributed by atoms with Gasteiger partial charge in [-0.3, -0.25) is 0 Å². The lowest BCUT2D eigenvalue weighted by atomic mass is 9.99. The highest BCUT2D eigenvalue weighted by atomic mass is 16.6. The number of hydrogen-bond donors (Lipinski definition) is 3. The van der Waals surface area contributed by atoms with Crippen molar-refractivity contribution >= 4 is 6.09 Å². The maximum Gasteiger partial charge on any atom is 0.410 e. The maximum atomic E-state index is 13.1. The number of amides is 1. The van der Waals surface area contributed by atoms with Crippen LogP contribution >= 0.6 is 0 Å². The van der Waals surface area contributed by atoms with E-state index in [1.54, 1.807) is 11.0 Å². The molecule has 1 fully saturated rings. The van der Waals surface area contributed by atoms with Crippen molar-refractivity contribution in [3.63, 3.8) is 0 Å². The fraction of sp³-hybridized carbons (Fsp3) is 0.375. The third-order valence-electron chi connectivity index (χ3n) is 5.36. The second-order valence-electron chi connectivity index (χ2n) is 7.61. The van der Waals surface area contributed by atoms with Gasteiger partial charge in [0.15, 0.2) is 6.29 Å². The van der Waals surface area contributed by atoms with Crippen molar-refractivity contribution < 1.29 is 29.6 Å². The molecule has 0 spiro atoms. The van der Waals surface area contributed by atoms with Gasteiger partial charge in [0.25, 0.3) is 0 Å². The summed E-state index contributed by atoms with van der Waals surface area (Å²) >= 11 is 0. The molecule has 0 aromatic heterocycles. The third-order valence-corrected chi connectivity index (χ3v) is 5.36. The molecule has 0 bridgehead atoms. The number of carbonyl (C=O) groups excluding carboxylic acids is 1. The van der Waals surface area contributed by atoms with E-state index in [-0.39, 0.29) is 13.0 Å². The van der Waals surface area contributed by atoms with Gasteiger partial charge in [0.2, 0.25) is 0 Å². The Bertz CT molecular complexity index is 830. The largest absolute Gasteiger partial charge is 0.445 e. The molecule has 1 aliphatic rings. The summed E-state index contributed by atoms with van der Waals surface area (Å²) < 4.78 is 10.9. The normalized spacial score (nSPS) is 23.8. The fourth-order valence-electron chi connectivity index (χ4n) is 3.66. The molecule has 7 nitrogen and oxygen atoms in total. The van der Waals surface area contributed by atoms with Gasteiger partial charge in [-0.1, -0.05) is 66.7 Å². The predicted octanol–water partition coefficient (Wildman–Crippen LogP) is 2.60. The van der Waals surface area contributed by atoms with Crippen LogP contribution in [0.4, 0.5) is 4.79 Å². The van der Waals surface area contributed by atoms with Crippen molar-refractivity contribution in [1.29, 1.82) is 0 Å². The lowest BCUT2D eigenvalue weighted by molar-refractivity contribution is -0.130. The first-order valence-electron chi connectivity index (χ1n) is 10.3. The number of hydrogen-bond acceptors (Lipinski definition) is 6. The molecular formula is C24H29NO6. The summed E-state index contributed by atoms with van der Waals surface area (Å²) in [6, 6.07) is 18.5. The molecule has 166 valence electrons. The van der Waals surface area contributed by atoms with Crippen molar-refractivity contribution in [1.82, 2.24) is 4.90 Å². The van der Waals surface area contributed by atoms with Crippen molar-refractivity contribution in [2.75, 3.05) is 0 Å². The van der Waals surface area contributed by atoms with Crippen LogP contribution in [0.15, 0.2) is 73.3 Å². The van der Waals surface area contributed by atoms with Gasteiger partial charge in [-0.05, 0) is 24.0 Å². The average molecular weight is 427 g/mol. The Morgan fingerprint density at radius 3 is 2.19 bits per heavy atom. The van der Waals surface area contributed by atoms with Gasteiger partial charge in [0, 0.05) is 12.6 Å². The quantitative estimate of drug-likeness (QED) is 0.532. The summed E-state index contributed by atoms with van der Waals surface area (Å²) in [7, 11) is 0. The summed E-state index contributed by atoms with van der Waals surface area (Å²) in [4.78, 5) is 14.7. The van der Waals surface area contributed by atoms with Crippen molar-refractivity contribution in [3.8, 4) is 0 Å². The molecule has 1 heterocycles. The van der Waals surface area contributed by atoms with E-state index in [2.05, 4.69) is 6.58 Å². The molecule has 1 unspecified atom stereocenters. The smallest absolute Gasteiger partial charge is 0.410 e. The number of benzene rings is 2. The lowest BCUT2D eigenvalue weighted by Crippen LogP contribution is -2.43. The Kier molecular flexibility index (Phi) is 8.20. The first kappa shape index (κ1) is 23.0. The Hall–Kier alpha value is -2.71. The number of aliphatic hydroxyl groups excluding tert-OH is 3. The molecule has 2 aromatic carbocycles. The number of carbonyl (C=O) groups is 1. The predicted molar refractivity (Wildman–Crippen MR) is 115 cm³/mol. The van der Waals surface area contributed by atoms with Crippen LogP contribution in [0.25, 0.3) is 0 Å². The van der Waals surface area contributed by atoms with Crippen LogP contribution in [0.5, 0.6) is 0 Å². The number of aliphatic hydroxyl groups is 3. The minimum atomic E-state index is -1.46. The van der Waals surface area contributed by atoms with Gasteiger partial charge >= 0.3 is 6.09 Å². The number of nitrogens with zero attached hydrogens (tertiary/aromatic N) is 1. The highest BCUT2D eigenvalue weighted by Gasteiger charge is 2.43. The van der Waals surface area contributed by atoms with Gasteiger partial charge in [0.05, 0.1) is 6.10 Å². The van der Waals surface area contributed by atoms with E-state index in [1.165, 1.54) is 0 Å². The maximum absolute atomic E-state index is 13.1. The van der Waals surface area contributed by atoms with Crippen LogP contribution in [0.3, 0.4) is 0 Å². The van der Waals surface area contributed by atoms with E-state index >= 15 is 0 Å². The lowest BCUT2D eigenvalue weighted by Gasteiger charge is -2.32. The molecule has 0 saturated carbocycles. The minimum absolute atomic E-state index is 0.131. The van der Waals surface area contributed by atoms with E-state index in [1.807, 2.05) is 60.7 Å². The highest BCUT2D eigenvalue weighted by molar-refractivity contribution is 5.68. The molecule has 3 rings (SSSR count). The van der Waals surface area contributed by atoms with Gasteiger partial charge in [-0.15, -0.1) is 6.58 Å². The average Bonchev–Trinajstić information content (AvgIpc) is 3.03. The van der Waals surface area contributed by atoms with Crippen LogP contribution in [0.1, 0.15) is 24.0 Å². The molecule has 2 aromatic rings.